The number of pyridine rings is 1. The van der Waals surface area contributed by atoms with Crippen molar-refractivity contribution in [3.63, 3.8) is 0 Å². The van der Waals surface area contributed by atoms with Crippen LogP contribution in [0.4, 0.5) is 5.82 Å². The first-order valence-corrected chi connectivity index (χ1v) is 5.34. The summed E-state index contributed by atoms with van der Waals surface area (Å²) in [6.45, 7) is 0. The van der Waals surface area contributed by atoms with Crippen LogP contribution in [0.5, 0.6) is 0 Å². The Bertz CT molecular complexity index is 504. The van der Waals surface area contributed by atoms with Crippen LogP contribution in [0.25, 0.3) is 11.4 Å². The number of anilines is 1. The quantitative estimate of drug-likeness (QED) is 0.850. The first kappa shape index (κ1) is 9.33. The van der Waals surface area contributed by atoms with Crippen LogP contribution in [0.2, 0.25) is 0 Å². The molecule has 0 aliphatic heterocycles. The summed E-state index contributed by atoms with van der Waals surface area (Å²) in [6, 6.07) is 3.78. The Balaban J connectivity index is 1.93. The van der Waals surface area contributed by atoms with E-state index in [0.717, 1.165) is 17.3 Å². The molecule has 0 aromatic carbocycles. The second-order valence-electron chi connectivity index (χ2n) is 3.91. The van der Waals surface area contributed by atoms with E-state index in [1.165, 1.54) is 12.8 Å². The number of rotatable bonds is 3. The van der Waals surface area contributed by atoms with Gasteiger partial charge in [-0.3, -0.25) is 0 Å². The van der Waals surface area contributed by atoms with Crippen molar-refractivity contribution in [2.24, 2.45) is 0 Å². The van der Waals surface area contributed by atoms with Gasteiger partial charge >= 0.3 is 0 Å². The average molecular weight is 216 g/mol. The average Bonchev–Trinajstić information content (AvgIpc) is 3.07. The molecule has 3 rings (SSSR count). The van der Waals surface area contributed by atoms with Crippen molar-refractivity contribution in [2.75, 3.05) is 12.4 Å². The normalized spacial score (nSPS) is 15.1. The minimum atomic E-state index is 0.492. The van der Waals surface area contributed by atoms with E-state index in [4.69, 9.17) is 4.52 Å². The third kappa shape index (κ3) is 1.64. The predicted octanol–water partition coefficient (Wildman–Crippen LogP) is 2.05. The molecule has 82 valence electrons. The van der Waals surface area contributed by atoms with E-state index in [0.29, 0.717) is 11.7 Å². The molecule has 0 bridgehead atoms. The molecule has 2 heterocycles. The molecule has 16 heavy (non-hydrogen) atoms. The highest BCUT2D eigenvalue weighted by atomic mass is 16.5. The molecule has 1 aliphatic carbocycles. The minimum Gasteiger partial charge on any atom is -0.373 e. The van der Waals surface area contributed by atoms with Gasteiger partial charge in [0.1, 0.15) is 5.82 Å². The monoisotopic (exact) mass is 216 g/mol. The van der Waals surface area contributed by atoms with Gasteiger partial charge in [-0.05, 0) is 25.0 Å². The summed E-state index contributed by atoms with van der Waals surface area (Å²) in [5.41, 5.74) is 0.926. The summed E-state index contributed by atoms with van der Waals surface area (Å²) in [5, 5.41) is 6.96. The molecule has 0 atom stereocenters. The van der Waals surface area contributed by atoms with Gasteiger partial charge < -0.3 is 9.84 Å². The van der Waals surface area contributed by atoms with Crippen LogP contribution in [0.1, 0.15) is 24.7 Å². The molecule has 0 radical (unpaired) electrons. The van der Waals surface area contributed by atoms with Gasteiger partial charge in [0.25, 0.3) is 0 Å². The van der Waals surface area contributed by atoms with Gasteiger partial charge in [-0.15, -0.1) is 0 Å². The van der Waals surface area contributed by atoms with E-state index >= 15 is 0 Å². The molecule has 0 saturated heterocycles. The van der Waals surface area contributed by atoms with Gasteiger partial charge in [0.05, 0.1) is 0 Å². The lowest BCUT2D eigenvalue weighted by molar-refractivity contribution is 0.380. The molecule has 0 amide bonds. The van der Waals surface area contributed by atoms with Crippen molar-refractivity contribution in [1.29, 1.82) is 0 Å². The number of hydrogen-bond donors (Lipinski definition) is 1. The highest BCUT2D eigenvalue weighted by Gasteiger charge is 2.29. The smallest absolute Gasteiger partial charge is 0.230 e. The van der Waals surface area contributed by atoms with Crippen molar-refractivity contribution >= 4 is 5.82 Å². The van der Waals surface area contributed by atoms with Gasteiger partial charge in [0.2, 0.25) is 11.7 Å². The molecule has 1 saturated carbocycles. The van der Waals surface area contributed by atoms with Crippen LogP contribution in [0, 0.1) is 0 Å². The fraction of sp³-hybridized carbons (Fsp3) is 0.364. The zero-order chi connectivity index (χ0) is 11.0. The maximum Gasteiger partial charge on any atom is 0.230 e. The zero-order valence-electron chi connectivity index (χ0n) is 8.97. The molecule has 2 aromatic heterocycles. The zero-order valence-corrected chi connectivity index (χ0v) is 8.97. The Labute approximate surface area is 92.9 Å². The second-order valence-corrected chi connectivity index (χ2v) is 3.91. The van der Waals surface area contributed by atoms with Crippen molar-refractivity contribution in [2.45, 2.75) is 18.8 Å². The Hall–Kier alpha value is -1.91. The topological polar surface area (TPSA) is 63.8 Å². The van der Waals surface area contributed by atoms with E-state index in [9.17, 15) is 0 Å². The number of aromatic nitrogens is 3. The molecule has 0 spiro atoms. The van der Waals surface area contributed by atoms with E-state index in [2.05, 4.69) is 20.4 Å². The first-order valence-electron chi connectivity index (χ1n) is 5.34. The number of nitrogens with zero attached hydrogens (tertiary/aromatic N) is 3. The van der Waals surface area contributed by atoms with E-state index in [1.54, 1.807) is 6.20 Å². The number of hydrogen-bond acceptors (Lipinski definition) is 5. The predicted molar refractivity (Wildman–Crippen MR) is 59.1 cm³/mol. The van der Waals surface area contributed by atoms with Gasteiger partial charge in [0, 0.05) is 24.7 Å². The number of nitrogens with one attached hydrogen (secondary N) is 1. The molecular formula is C11H12N4O. The third-order valence-electron chi connectivity index (χ3n) is 2.64. The highest BCUT2D eigenvalue weighted by molar-refractivity contribution is 5.58. The SMILES string of the molecule is CNc1cc(-c2noc(C3CC3)n2)ccn1. The summed E-state index contributed by atoms with van der Waals surface area (Å²) < 4.78 is 5.21. The first-order chi connectivity index (χ1) is 7.86. The van der Waals surface area contributed by atoms with E-state index < -0.39 is 0 Å². The molecule has 1 N–H and O–H groups in total. The molecule has 0 unspecified atom stereocenters. The lowest BCUT2D eigenvalue weighted by Crippen LogP contribution is -1.92. The van der Waals surface area contributed by atoms with Crippen LogP contribution in [-0.2, 0) is 0 Å². The van der Waals surface area contributed by atoms with Gasteiger partial charge in [-0.1, -0.05) is 5.16 Å². The van der Waals surface area contributed by atoms with Crippen LogP contribution < -0.4 is 5.32 Å². The highest BCUT2D eigenvalue weighted by Crippen LogP contribution is 2.39. The molecule has 2 aromatic rings. The Kier molecular flexibility index (Phi) is 2.09. The molecule has 5 heteroatoms. The van der Waals surface area contributed by atoms with Crippen molar-refractivity contribution in [1.82, 2.24) is 15.1 Å². The standard InChI is InChI=1S/C11H12N4O/c1-12-9-6-8(4-5-13-9)10-14-11(16-15-10)7-2-3-7/h4-7H,2-3H2,1H3,(H,12,13). The molecular weight excluding hydrogens is 204 g/mol. The summed E-state index contributed by atoms with van der Waals surface area (Å²) in [4.78, 5) is 8.52. The van der Waals surface area contributed by atoms with Crippen LogP contribution >= 0.6 is 0 Å². The minimum absolute atomic E-state index is 0.492. The van der Waals surface area contributed by atoms with Gasteiger partial charge in [-0.2, -0.15) is 4.98 Å². The molecule has 1 aliphatic rings. The fourth-order valence-corrected chi connectivity index (χ4v) is 1.55. The lowest BCUT2D eigenvalue weighted by atomic mass is 10.2. The maximum absolute atomic E-state index is 5.21. The Morgan fingerprint density at radius 3 is 3.06 bits per heavy atom. The molecule has 5 nitrogen and oxygen atoms in total. The summed E-state index contributed by atoms with van der Waals surface area (Å²) >= 11 is 0. The lowest BCUT2D eigenvalue weighted by Gasteiger charge is -1.99. The summed E-state index contributed by atoms with van der Waals surface area (Å²) in [7, 11) is 1.83. The largest absolute Gasteiger partial charge is 0.373 e. The van der Waals surface area contributed by atoms with Crippen molar-refractivity contribution in [3.8, 4) is 11.4 Å². The Morgan fingerprint density at radius 1 is 1.44 bits per heavy atom. The van der Waals surface area contributed by atoms with Crippen molar-refractivity contribution in [3.05, 3.63) is 24.2 Å². The van der Waals surface area contributed by atoms with Crippen LogP contribution in [0.15, 0.2) is 22.9 Å². The second kappa shape index (κ2) is 3.59. The maximum atomic E-state index is 5.21. The molecule has 1 fully saturated rings. The summed E-state index contributed by atoms with van der Waals surface area (Å²) in [6.07, 6.45) is 4.06. The van der Waals surface area contributed by atoms with Gasteiger partial charge in [-0.25, -0.2) is 4.98 Å². The van der Waals surface area contributed by atoms with E-state index in [1.807, 2.05) is 19.2 Å². The van der Waals surface area contributed by atoms with Crippen LogP contribution in [0.3, 0.4) is 0 Å². The van der Waals surface area contributed by atoms with Gasteiger partial charge in [0.15, 0.2) is 0 Å². The van der Waals surface area contributed by atoms with Crippen molar-refractivity contribution < 1.29 is 4.52 Å². The van der Waals surface area contributed by atoms with E-state index in [-0.39, 0.29) is 0 Å². The fourth-order valence-electron chi connectivity index (χ4n) is 1.55. The third-order valence-corrected chi connectivity index (χ3v) is 2.64. The Morgan fingerprint density at radius 2 is 2.31 bits per heavy atom. The van der Waals surface area contributed by atoms with Crippen LogP contribution in [-0.4, -0.2) is 22.2 Å². The summed E-state index contributed by atoms with van der Waals surface area (Å²) in [5.74, 6) is 2.70.